The summed E-state index contributed by atoms with van der Waals surface area (Å²) in [5.41, 5.74) is 2.93. The first-order valence-electron chi connectivity index (χ1n) is 8.73. The van der Waals surface area contributed by atoms with Crippen LogP contribution in [0.25, 0.3) is 22.0 Å². The summed E-state index contributed by atoms with van der Waals surface area (Å²) in [5.74, 6) is 0.0555. The first-order valence-corrected chi connectivity index (χ1v) is 9.55. The molecule has 0 aliphatic rings. The third-order valence-electron chi connectivity index (χ3n) is 4.16. The highest BCUT2D eigenvalue weighted by Gasteiger charge is 2.22. The van der Waals surface area contributed by atoms with Gasteiger partial charge in [0, 0.05) is 10.4 Å². The minimum atomic E-state index is -0.691. The lowest BCUT2D eigenvalue weighted by atomic mass is 10.1. The molecule has 1 N–H and O–H groups in total. The molecular formula is C20H18N4O3S. The van der Waals surface area contributed by atoms with Gasteiger partial charge in [0.2, 0.25) is 5.89 Å². The quantitative estimate of drug-likeness (QED) is 0.492. The number of thiophene rings is 1. The highest BCUT2D eigenvalue weighted by atomic mass is 32.1. The van der Waals surface area contributed by atoms with E-state index in [2.05, 4.69) is 20.4 Å². The van der Waals surface area contributed by atoms with Crippen molar-refractivity contribution in [2.75, 3.05) is 0 Å². The van der Waals surface area contributed by atoms with Crippen LogP contribution in [0.2, 0.25) is 0 Å². The van der Waals surface area contributed by atoms with Gasteiger partial charge in [0.05, 0.1) is 10.6 Å². The van der Waals surface area contributed by atoms with Gasteiger partial charge in [0.15, 0.2) is 11.8 Å². The zero-order valence-electron chi connectivity index (χ0n) is 15.6. The van der Waals surface area contributed by atoms with Crippen molar-refractivity contribution >= 4 is 17.3 Å². The first-order chi connectivity index (χ1) is 13.5. The first kappa shape index (κ1) is 18.1. The smallest absolute Gasteiger partial charge is 0.359 e. The standard InChI is InChI=1S/C20H18N4O3S/c1-11-4-7-14(8-5-11)19-24-23-18(27-19)13(3)26-20(25)16-10-15(21-22-16)17-9-6-12(2)28-17/h4-10,13H,1-3H3,(H,21,22). The van der Waals surface area contributed by atoms with E-state index >= 15 is 0 Å². The Morgan fingerprint density at radius 1 is 1.14 bits per heavy atom. The molecule has 0 bridgehead atoms. The molecule has 1 atom stereocenters. The van der Waals surface area contributed by atoms with E-state index in [1.807, 2.05) is 50.2 Å². The van der Waals surface area contributed by atoms with Gasteiger partial charge in [-0.05, 0) is 51.1 Å². The molecule has 3 aromatic heterocycles. The van der Waals surface area contributed by atoms with Crippen LogP contribution in [0.5, 0.6) is 0 Å². The monoisotopic (exact) mass is 394 g/mol. The van der Waals surface area contributed by atoms with Gasteiger partial charge < -0.3 is 9.15 Å². The highest BCUT2D eigenvalue weighted by Crippen LogP contribution is 2.27. The molecule has 4 aromatic rings. The Labute approximate surface area is 165 Å². The van der Waals surface area contributed by atoms with Crippen molar-refractivity contribution in [1.82, 2.24) is 20.4 Å². The summed E-state index contributed by atoms with van der Waals surface area (Å²) < 4.78 is 11.1. The molecule has 142 valence electrons. The van der Waals surface area contributed by atoms with E-state index in [0.29, 0.717) is 5.89 Å². The third-order valence-corrected chi connectivity index (χ3v) is 5.20. The summed E-state index contributed by atoms with van der Waals surface area (Å²) in [6.07, 6.45) is -0.691. The molecule has 7 nitrogen and oxygen atoms in total. The zero-order valence-corrected chi connectivity index (χ0v) is 16.4. The molecule has 1 unspecified atom stereocenters. The lowest BCUT2D eigenvalue weighted by molar-refractivity contribution is 0.0273. The number of nitrogens with zero attached hydrogens (tertiary/aromatic N) is 3. The second kappa shape index (κ2) is 7.40. The highest BCUT2D eigenvalue weighted by molar-refractivity contribution is 7.15. The number of hydrogen-bond donors (Lipinski definition) is 1. The molecule has 28 heavy (non-hydrogen) atoms. The molecule has 0 spiro atoms. The van der Waals surface area contributed by atoms with E-state index in [9.17, 15) is 4.79 Å². The van der Waals surface area contributed by atoms with Gasteiger partial charge in [-0.2, -0.15) is 5.10 Å². The van der Waals surface area contributed by atoms with E-state index in [0.717, 1.165) is 21.7 Å². The van der Waals surface area contributed by atoms with Crippen molar-refractivity contribution in [3.05, 3.63) is 64.5 Å². The zero-order chi connectivity index (χ0) is 19.7. The minimum absolute atomic E-state index is 0.200. The van der Waals surface area contributed by atoms with Gasteiger partial charge in [-0.15, -0.1) is 21.5 Å². The van der Waals surface area contributed by atoms with Crippen LogP contribution in [-0.2, 0) is 4.74 Å². The van der Waals surface area contributed by atoms with E-state index in [-0.39, 0.29) is 11.6 Å². The van der Waals surface area contributed by atoms with Crippen LogP contribution in [0.3, 0.4) is 0 Å². The summed E-state index contributed by atoms with van der Waals surface area (Å²) in [5, 5.41) is 14.9. The van der Waals surface area contributed by atoms with Crippen molar-refractivity contribution in [3.8, 4) is 22.0 Å². The molecule has 0 saturated carbocycles. The van der Waals surface area contributed by atoms with Gasteiger partial charge in [0.25, 0.3) is 5.89 Å². The van der Waals surface area contributed by atoms with E-state index < -0.39 is 12.1 Å². The molecule has 1 aromatic carbocycles. The fraction of sp³-hybridized carbons (Fsp3) is 0.200. The Morgan fingerprint density at radius 3 is 2.64 bits per heavy atom. The molecule has 0 aliphatic heterocycles. The van der Waals surface area contributed by atoms with Gasteiger partial charge in [-0.1, -0.05) is 17.7 Å². The Kier molecular flexibility index (Phi) is 4.79. The number of ether oxygens (including phenoxy) is 1. The number of nitrogens with one attached hydrogen (secondary N) is 1. The molecule has 0 aliphatic carbocycles. The number of carbonyl (C=O) groups is 1. The summed E-state index contributed by atoms with van der Waals surface area (Å²) in [6, 6.07) is 13.4. The summed E-state index contributed by atoms with van der Waals surface area (Å²) in [6.45, 7) is 5.71. The van der Waals surface area contributed by atoms with Crippen LogP contribution in [0.1, 0.15) is 39.8 Å². The minimum Gasteiger partial charge on any atom is -0.448 e. The summed E-state index contributed by atoms with van der Waals surface area (Å²) >= 11 is 1.62. The average molecular weight is 394 g/mol. The molecule has 0 saturated heterocycles. The second-order valence-electron chi connectivity index (χ2n) is 6.44. The number of aromatic amines is 1. The summed E-state index contributed by atoms with van der Waals surface area (Å²) in [4.78, 5) is 14.6. The Bertz CT molecular complexity index is 1110. The molecule has 4 rings (SSSR count). The predicted molar refractivity (Wildman–Crippen MR) is 105 cm³/mol. The summed E-state index contributed by atoms with van der Waals surface area (Å²) in [7, 11) is 0. The number of aromatic nitrogens is 4. The van der Waals surface area contributed by atoms with Crippen LogP contribution in [-0.4, -0.2) is 26.4 Å². The maximum Gasteiger partial charge on any atom is 0.359 e. The molecule has 0 fully saturated rings. The molecule has 8 heteroatoms. The number of H-pyrrole nitrogens is 1. The van der Waals surface area contributed by atoms with Crippen molar-refractivity contribution in [3.63, 3.8) is 0 Å². The van der Waals surface area contributed by atoms with Gasteiger partial charge in [0.1, 0.15) is 0 Å². The van der Waals surface area contributed by atoms with Crippen molar-refractivity contribution in [2.45, 2.75) is 26.9 Å². The fourth-order valence-corrected chi connectivity index (χ4v) is 3.45. The number of aryl methyl sites for hydroxylation is 2. The van der Waals surface area contributed by atoms with Crippen molar-refractivity contribution in [2.24, 2.45) is 0 Å². The fourth-order valence-electron chi connectivity index (χ4n) is 2.61. The molecule has 0 radical (unpaired) electrons. The van der Waals surface area contributed by atoms with Crippen LogP contribution in [0.4, 0.5) is 0 Å². The molecule has 3 heterocycles. The van der Waals surface area contributed by atoms with Gasteiger partial charge >= 0.3 is 5.97 Å². The van der Waals surface area contributed by atoms with E-state index in [1.165, 1.54) is 4.88 Å². The maximum absolute atomic E-state index is 12.4. The molecular weight excluding hydrogens is 376 g/mol. The number of hydrogen-bond acceptors (Lipinski definition) is 7. The number of carbonyl (C=O) groups excluding carboxylic acids is 1. The number of rotatable bonds is 5. The van der Waals surface area contributed by atoms with Crippen LogP contribution >= 0.6 is 11.3 Å². The largest absolute Gasteiger partial charge is 0.448 e. The van der Waals surface area contributed by atoms with Crippen LogP contribution < -0.4 is 0 Å². The lowest BCUT2D eigenvalue weighted by Crippen LogP contribution is -2.10. The SMILES string of the molecule is Cc1ccc(-c2nnc(C(C)OC(=O)c3cc(-c4ccc(C)s4)[nH]n3)o2)cc1. The Hall–Kier alpha value is -3.26. The molecule has 0 amide bonds. The van der Waals surface area contributed by atoms with Gasteiger partial charge in [-0.3, -0.25) is 5.10 Å². The normalized spacial score (nSPS) is 12.1. The number of benzene rings is 1. The van der Waals surface area contributed by atoms with E-state index in [4.69, 9.17) is 9.15 Å². The third kappa shape index (κ3) is 3.72. The Morgan fingerprint density at radius 2 is 1.93 bits per heavy atom. The van der Waals surface area contributed by atoms with E-state index in [1.54, 1.807) is 24.3 Å². The predicted octanol–water partition coefficient (Wildman–Crippen LogP) is 4.72. The average Bonchev–Trinajstić information content (AvgIpc) is 3.42. The van der Waals surface area contributed by atoms with Crippen molar-refractivity contribution < 1.29 is 13.9 Å². The maximum atomic E-state index is 12.4. The van der Waals surface area contributed by atoms with Crippen LogP contribution in [0, 0.1) is 13.8 Å². The second-order valence-corrected chi connectivity index (χ2v) is 7.72. The lowest BCUT2D eigenvalue weighted by Gasteiger charge is -2.07. The van der Waals surface area contributed by atoms with Gasteiger partial charge in [-0.25, -0.2) is 4.79 Å². The van der Waals surface area contributed by atoms with Crippen LogP contribution in [0.15, 0.2) is 46.9 Å². The topological polar surface area (TPSA) is 93.9 Å². The Balaban J connectivity index is 1.45. The number of esters is 1. The van der Waals surface area contributed by atoms with Crippen molar-refractivity contribution in [1.29, 1.82) is 0 Å².